The molecule has 0 bridgehead atoms. The number of aromatic nitrogens is 3. The quantitative estimate of drug-likeness (QED) is 0.738. The topological polar surface area (TPSA) is 62.2 Å². The first-order chi connectivity index (χ1) is 11.6. The van der Waals surface area contributed by atoms with Crippen LogP contribution in [0.1, 0.15) is 17.0 Å². The van der Waals surface area contributed by atoms with Gasteiger partial charge in [0.05, 0.1) is 0 Å². The van der Waals surface area contributed by atoms with E-state index in [-0.39, 0.29) is 5.91 Å². The largest absolute Gasteiger partial charge is 0.337 e. The van der Waals surface area contributed by atoms with Gasteiger partial charge in [0.1, 0.15) is 0 Å². The molecule has 0 unspecified atom stereocenters. The number of anilines is 1. The van der Waals surface area contributed by atoms with Crippen molar-refractivity contribution >= 4 is 11.9 Å². The summed E-state index contributed by atoms with van der Waals surface area (Å²) in [5, 5.41) is 0. The summed E-state index contributed by atoms with van der Waals surface area (Å²) in [6, 6.07) is 5.59. The van der Waals surface area contributed by atoms with Crippen LogP contribution >= 0.6 is 0 Å². The SMILES string of the molecule is Cc1cc(C)nc(N2CCN(C(=O)C#Cc3cccnc3)CC2)n1. The van der Waals surface area contributed by atoms with Crippen LogP contribution in [0.4, 0.5) is 5.95 Å². The molecule has 2 aromatic rings. The normalized spacial score (nSPS) is 14.1. The zero-order chi connectivity index (χ0) is 16.9. The summed E-state index contributed by atoms with van der Waals surface area (Å²) in [6.07, 6.45) is 3.33. The molecule has 3 rings (SSSR count). The van der Waals surface area contributed by atoms with Crippen LogP contribution in [-0.2, 0) is 4.79 Å². The van der Waals surface area contributed by atoms with Crippen molar-refractivity contribution in [3.63, 3.8) is 0 Å². The van der Waals surface area contributed by atoms with E-state index in [4.69, 9.17) is 0 Å². The molecule has 0 N–H and O–H groups in total. The van der Waals surface area contributed by atoms with Crippen molar-refractivity contribution < 1.29 is 4.79 Å². The summed E-state index contributed by atoms with van der Waals surface area (Å²) >= 11 is 0. The molecule has 0 saturated carbocycles. The number of hydrogen-bond donors (Lipinski definition) is 0. The predicted octanol–water partition coefficient (Wildman–Crippen LogP) is 1.19. The first kappa shape index (κ1) is 15.9. The van der Waals surface area contributed by atoms with E-state index in [1.807, 2.05) is 26.0 Å². The molecule has 6 heteroatoms. The summed E-state index contributed by atoms with van der Waals surface area (Å²) < 4.78 is 0. The lowest BCUT2D eigenvalue weighted by molar-refractivity contribution is -0.125. The first-order valence-corrected chi connectivity index (χ1v) is 7.90. The molecule has 0 spiro atoms. The molecule has 0 aliphatic carbocycles. The van der Waals surface area contributed by atoms with E-state index in [0.29, 0.717) is 26.2 Å². The molecule has 1 fully saturated rings. The highest BCUT2D eigenvalue weighted by molar-refractivity contribution is 5.94. The molecule has 24 heavy (non-hydrogen) atoms. The molecular formula is C18H19N5O. The third-order valence-corrected chi connectivity index (χ3v) is 3.80. The molecule has 0 radical (unpaired) electrons. The van der Waals surface area contributed by atoms with Crippen molar-refractivity contribution in [3.8, 4) is 11.8 Å². The smallest absolute Gasteiger partial charge is 0.298 e. The number of carbonyl (C=O) groups is 1. The van der Waals surface area contributed by atoms with Crippen molar-refractivity contribution in [2.75, 3.05) is 31.1 Å². The lowest BCUT2D eigenvalue weighted by Gasteiger charge is -2.33. The fourth-order valence-electron chi connectivity index (χ4n) is 2.60. The van der Waals surface area contributed by atoms with Crippen molar-refractivity contribution in [3.05, 3.63) is 47.5 Å². The Kier molecular flexibility index (Phi) is 4.71. The summed E-state index contributed by atoms with van der Waals surface area (Å²) in [4.78, 5) is 29.0. The number of amides is 1. The van der Waals surface area contributed by atoms with Gasteiger partial charge in [-0.3, -0.25) is 9.78 Å². The molecule has 1 saturated heterocycles. The number of aryl methyl sites for hydroxylation is 2. The zero-order valence-electron chi connectivity index (χ0n) is 13.9. The van der Waals surface area contributed by atoms with E-state index in [9.17, 15) is 4.79 Å². The van der Waals surface area contributed by atoms with E-state index in [2.05, 4.69) is 31.7 Å². The van der Waals surface area contributed by atoms with Gasteiger partial charge in [-0.05, 0) is 32.0 Å². The molecule has 6 nitrogen and oxygen atoms in total. The Balaban J connectivity index is 1.61. The molecule has 122 valence electrons. The van der Waals surface area contributed by atoms with Crippen molar-refractivity contribution in [1.29, 1.82) is 0 Å². The highest BCUT2D eigenvalue weighted by atomic mass is 16.2. The summed E-state index contributed by atoms with van der Waals surface area (Å²) in [7, 11) is 0. The van der Waals surface area contributed by atoms with Gasteiger partial charge >= 0.3 is 0 Å². The van der Waals surface area contributed by atoms with Crippen LogP contribution < -0.4 is 4.90 Å². The van der Waals surface area contributed by atoms with Crippen molar-refractivity contribution in [2.45, 2.75) is 13.8 Å². The lowest BCUT2D eigenvalue weighted by Crippen LogP contribution is -2.49. The predicted molar refractivity (Wildman–Crippen MR) is 91.4 cm³/mol. The average Bonchev–Trinajstić information content (AvgIpc) is 2.60. The highest BCUT2D eigenvalue weighted by Gasteiger charge is 2.21. The minimum Gasteiger partial charge on any atom is -0.337 e. The molecule has 1 amide bonds. The standard InChI is InChI=1S/C18H19N5O/c1-14-12-15(2)21-18(20-14)23-10-8-22(9-11-23)17(24)6-5-16-4-3-7-19-13-16/h3-4,7,12-13H,8-11H2,1-2H3. The van der Waals surface area contributed by atoms with Crippen LogP contribution in [0.15, 0.2) is 30.6 Å². The number of piperazine rings is 1. The van der Waals surface area contributed by atoms with Crippen LogP contribution in [-0.4, -0.2) is 51.9 Å². The molecule has 3 heterocycles. The lowest BCUT2D eigenvalue weighted by atomic mass is 10.2. The molecule has 1 aliphatic heterocycles. The van der Waals surface area contributed by atoms with Gasteiger partial charge in [0.2, 0.25) is 5.95 Å². The Morgan fingerprint density at radius 2 is 1.83 bits per heavy atom. The third kappa shape index (κ3) is 3.87. The maximum Gasteiger partial charge on any atom is 0.298 e. The summed E-state index contributed by atoms with van der Waals surface area (Å²) in [5.41, 5.74) is 2.66. The van der Waals surface area contributed by atoms with Gasteiger partial charge < -0.3 is 9.80 Å². The van der Waals surface area contributed by atoms with E-state index in [0.717, 1.165) is 22.9 Å². The minimum absolute atomic E-state index is 0.153. The van der Waals surface area contributed by atoms with Gasteiger partial charge in [-0.2, -0.15) is 0 Å². The second-order valence-corrected chi connectivity index (χ2v) is 5.72. The molecule has 1 aliphatic rings. The molecule has 0 atom stereocenters. The third-order valence-electron chi connectivity index (χ3n) is 3.80. The monoisotopic (exact) mass is 321 g/mol. The van der Waals surface area contributed by atoms with Gasteiger partial charge in [0.15, 0.2) is 0 Å². The maximum atomic E-state index is 12.2. The van der Waals surface area contributed by atoms with Crippen LogP contribution in [0.25, 0.3) is 0 Å². The van der Waals surface area contributed by atoms with Gasteiger partial charge in [-0.15, -0.1) is 0 Å². The minimum atomic E-state index is -0.153. The average molecular weight is 321 g/mol. The molecule has 0 aromatic carbocycles. The Morgan fingerprint density at radius 3 is 2.46 bits per heavy atom. The van der Waals surface area contributed by atoms with Gasteiger partial charge in [-0.1, -0.05) is 5.92 Å². The number of hydrogen-bond acceptors (Lipinski definition) is 5. The second kappa shape index (κ2) is 7.09. The molecular weight excluding hydrogens is 302 g/mol. The number of nitrogens with zero attached hydrogens (tertiary/aromatic N) is 5. The van der Waals surface area contributed by atoms with E-state index in [1.165, 1.54) is 0 Å². The van der Waals surface area contributed by atoms with Gasteiger partial charge in [-0.25, -0.2) is 9.97 Å². The summed E-state index contributed by atoms with van der Waals surface area (Å²) in [6.45, 7) is 6.60. The van der Waals surface area contributed by atoms with Crippen LogP contribution in [0.3, 0.4) is 0 Å². The van der Waals surface area contributed by atoms with Gasteiger partial charge in [0.25, 0.3) is 5.91 Å². The fraction of sp³-hybridized carbons (Fsp3) is 0.333. The number of rotatable bonds is 1. The fourth-order valence-corrected chi connectivity index (χ4v) is 2.60. The molecule has 2 aromatic heterocycles. The zero-order valence-corrected chi connectivity index (χ0v) is 13.9. The Morgan fingerprint density at radius 1 is 1.12 bits per heavy atom. The Hall–Kier alpha value is -2.94. The van der Waals surface area contributed by atoms with Crippen LogP contribution in [0.2, 0.25) is 0 Å². The maximum absolute atomic E-state index is 12.2. The van der Waals surface area contributed by atoms with E-state index >= 15 is 0 Å². The Labute approximate surface area is 141 Å². The van der Waals surface area contributed by atoms with E-state index < -0.39 is 0 Å². The highest BCUT2D eigenvalue weighted by Crippen LogP contribution is 2.12. The first-order valence-electron chi connectivity index (χ1n) is 7.90. The second-order valence-electron chi connectivity index (χ2n) is 5.72. The van der Waals surface area contributed by atoms with E-state index in [1.54, 1.807) is 23.4 Å². The van der Waals surface area contributed by atoms with Crippen molar-refractivity contribution in [2.24, 2.45) is 0 Å². The van der Waals surface area contributed by atoms with Crippen molar-refractivity contribution in [1.82, 2.24) is 19.9 Å². The Bertz CT molecular complexity index is 766. The number of pyridine rings is 1. The van der Waals surface area contributed by atoms with Crippen LogP contribution in [0, 0.1) is 25.7 Å². The van der Waals surface area contributed by atoms with Crippen LogP contribution in [0.5, 0.6) is 0 Å². The van der Waals surface area contributed by atoms with Gasteiger partial charge in [0, 0.05) is 61.4 Å². The number of carbonyl (C=O) groups excluding carboxylic acids is 1. The summed E-state index contributed by atoms with van der Waals surface area (Å²) in [5.74, 6) is 6.13.